The van der Waals surface area contributed by atoms with Gasteiger partial charge in [0.1, 0.15) is 0 Å². The van der Waals surface area contributed by atoms with Crippen molar-refractivity contribution in [3.05, 3.63) is 28.7 Å². The lowest BCUT2D eigenvalue weighted by Crippen LogP contribution is -2.49. The maximum atomic E-state index is 13.1. The van der Waals surface area contributed by atoms with Gasteiger partial charge < -0.3 is 10.6 Å². The summed E-state index contributed by atoms with van der Waals surface area (Å²) in [6.07, 6.45) is -4.80. The molecule has 1 amide bonds. The van der Waals surface area contributed by atoms with Gasteiger partial charge in [-0.2, -0.15) is 13.2 Å². The van der Waals surface area contributed by atoms with Crippen molar-refractivity contribution in [1.29, 1.82) is 0 Å². The molecule has 1 aromatic carbocycles. The number of halogens is 4. The molecule has 1 atom stereocenters. The fraction of sp³-hybridized carbons (Fsp3) is 0.417. The molecule has 3 nitrogen and oxygen atoms in total. The maximum Gasteiger partial charge on any atom is 0.404 e. The Balaban J connectivity index is 2.19. The summed E-state index contributed by atoms with van der Waals surface area (Å²) in [5.41, 5.74) is -1.98. The van der Waals surface area contributed by atoms with Gasteiger partial charge in [-0.15, -0.1) is 0 Å². The van der Waals surface area contributed by atoms with Crippen LogP contribution in [0.2, 0.25) is 0 Å². The summed E-state index contributed by atoms with van der Waals surface area (Å²) >= 11 is 3.22. The molecule has 0 aromatic heterocycles. The largest absolute Gasteiger partial charge is 0.404 e. The van der Waals surface area contributed by atoms with E-state index in [4.69, 9.17) is 0 Å². The monoisotopic (exact) mass is 336 g/mol. The van der Waals surface area contributed by atoms with Crippen LogP contribution in [0.5, 0.6) is 0 Å². The molecular formula is C12H12BrF3N2O. The molecular weight excluding hydrogens is 325 g/mol. The summed E-state index contributed by atoms with van der Waals surface area (Å²) in [6, 6.07) is 6.41. The molecule has 1 fully saturated rings. The van der Waals surface area contributed by atoms with Gasteiger partial charge in [-0.3, -0.25) is 4.79 Å². The highest BCUT2D eigenvalue weighted by atomic mass is 79.9. The first-order valence-electron chi connectivity index (χ1n) is 5.70. The Morgan fingerprint density at radius 2 is 1.95 bits per heavy atom. The van der Waals surface area contributed by atoms with E-state index in [1.165, 1.54) is 0 Å². The number of nitrogens with one attached hydrogen (secondary N) is 2. The van der Waals surface area contributed by atoms with Gasteiger partial charge in [0.2, 0.25) is 5.91 Å². The van der Waals surface area contributed by atoms with Crippen LogP contribution in [0.15, 0.2) is 28.7 Å². The molecule has 0 saturated carbocycles. The van der Waals surface area contributed by atoms with Crippen LogP contribution >= 0.6 is 15.9 Å². The number of benzene rings is 1. The molecule has 1 saturated heterocycles. The molecule has 0 spiro atoms. The van der Waals surface area contributed by atoms with Gasteiger partial charge in [-0.05, 0) is 37.2 Å². The van der Waals surface area contributed by atoms with Crippen LogP contribution < -0.4 is 10.6 Å². The molecule has 1 unspecified atom stereocenters. The Kier molecular flexibility index (Phi) is 3.87. The summed E-state index contributed by atoms with van der Waals surface area (Å²) in [5.74, 6) is -1.01. The molecule has 19 heavy (non-hydrogen) atoms. The predicted octanol–water partition coefficient (Wildman–Crippen LogP) is 2.93. The lowest BCUT2D eigenvalue weighted by Gasteiger charge is -2.29. The smallest absolute Gasteiger partial charge is 0.325 e. The van der Waals surface area contributed by atoms with Crippen molar-refractivity contribution in [3.8, 4) is 0 Å². The molecule has 0 aliphatic carbocycles. The standard InChI is InChI=1S/C12H12BrF3N2O/c13-8-1-3-9(4-2-8)18-10(19)11(12(14,15)16)5-6-17-7-11/h1-4,17H,5-7H2,(H,18,19). The Morgan fingerprint density at radius 1 is 1.32 bits per heavy atom. The van der Waals surface area contributed by atoms with Gasteiger partial charge in [0.05, 0.1) is 0 Å². The van der Waals surface area contributed by atoms with E-state index in [1.807, 2.05) is 0 Å². The van der Waals surface area contributed by atoms with Crippen LogP contribution in [-0.4, -0.2) is 25.2 Å². The van der Waals surface area contributed by atoms with Gasteiger partial charge in [0, 0.05) is 16.7 Å². The van der Waals surface area contributed by atoms with Gasteiger partial charge >= 0.3 is 6.18 Å². The number of carbonyl (C=O) groups is 1. The summed E-state index contributed by atoms with van der Waals surface area (Å²) in [5, 5.41) is 4.95. The molecule has 104 valence electrons. The van der Waals surface area contributed by atoms with Gasteiger partial charge in [0.15, 0.2) is 5.41 Å². The average Bonchev–Trinajstić information content (AvgIpc) is 2.82. The van der Waals surface area contributed by atoms with Crippen LogP contribution in [0, 0.1) is 5.41 Å². The normalized spacial score (nSPS) is 23.4. The molecule has 0 radical (unpaired) electrons. The van der Waals surface area contributed by atoms with E-state index < -0.39 is 17.5 Å². The summed E-state index contributed by atoms with van der Waals surface area (Å²) in [7, 11) is 0. The third-order valence-electron chi connectivity index (χ3n) is 3.23. The van der Waals surface area contributed by atoms with Crippen LogP contribution in [-0.2, 0) is 4.79 Å². The Labute approximate surface area is 116 Å². The zero-order valence-corrected chi connectivity index (χ0v) is 11.4. The fourth-order valence-electron chi connectivity index (χ4n) is 2.04. The second-order valence-electron chi connectivity index (χ2n) is 4.47. The van der Waals surface area contributed by atoms with Crippen LogP contribution in [0.25, 0.3) is 0 Å². The molecule has 0 bridgehead atoms. The van der Waals surface area contributed by atoms with E-state index >= 15 is 0 Å². The zero-order chi connectivity index (χ0) is 14.1. The second kappa shape index (κ2) is 5.13. The highest BCUT2D eigenvalue weighted by Crippen LogP contribution is 2.43. The van der Waals surface area contributed by atoms with E-state index in [2.05, 4.69) is 26.6 Å². The number of anilines is 1. The molecule has 2 rings (SSSR count). The maximum absolute atomic E-state index is 13.1. The third-order valence-corrected chi connectivity index (χ3v) is 3.76. The number of alkyl halides is 3. The minimum absolute atomic E-state index is 0.188. The predicted molar refractivity (Wildman–Crippen MR) is 68.7 cm³/mol. The van der Waals surface area contributed by atoms with E-state index in [0.29, 0.717) is 5.69 Å². The van der Waals surface area contributed by atoms with Crippen molar-refractivity contribution in [2.45, 2.75) is 12.6 Å². The van der Waals surface area contributed by atoms with Crippen LogP contribution in [0.4, 0.5) is 18.9 Å². The topological polar surface area (TPSA) is 41.1 Å². The fourth-order valence-corrected chi connectivity index (χ4v) is 2.30. The summed E-state index contributed by atoms with van der Waals surface area (Å²) in [4.78, 5) is 12.0. The summed E-state index contributed by atoms with van der Waals surface area (Å²) in [6.45, 7) is -0.188. The lowest BCUT2D eigenvalue weighted by atomic mass is 9.85. The molecule has 1 aliphatic heterocycles. The van der Waals surface area contributed by atoms with Crippen LogP contribution in [0.1, 0.15) is 6.42 Å². The van der Waals surface area contributed by atoms with Crippen molar-refractivity contribution in [2.24, 2.45) is 5.41 Å². The van der Waals surface area contributed by atoms with Crippen molar-refractivity contribution < 1.29 is 18.0 Å². The zero-order valence-electron chi connectivity index (χ0n) is 9.85. The Bertz CT molecular complexity index is 467. The first-order valence-corrected chi connectivity index (χ1v) is 6.49. The molecule has 2 N–H and O–H groups in total. The molecule has 1 aliphatic rings. The average molecular weight is 337 g/mol. The summed E-state index contributed by atoms with van der Waals surface area (Å²) < 4.78 is 40.2. The van der Waals surface area contributed by atoms with Gasteiger partial charge in [-0.1, -0.05) is 15.9 Å². The molecule has 1 aromatic rings. The number of carbonyl (C=O) groups excluding carboxylic acids is 1. The van der Waals surface area contributed by atoms with E-state index in [-0.39, 0.29) is 19.5 Å². The van der Waals surface area contributed by atoms with Gasteiger partial charge in [0.25, 0.3) is 0 Å². The van der Waals surface area contributed by atoms with Crippen LogP contribution in [0.3, 0.4) is 0 Å². The first-order chi connectivity index (χ1) is 8.85. The number of rotatable bonds is 2. The minimum Gasteiger partial charge on any atom is -0.325 e. The third kappa shape index (κ3) is 2.76. The second-order valence-corrected chi connectivity index (χ2v) is 5.38. The van der Waals surface area contributed by atoms with Crippen molar-refractivity contribution in [3.63, 3.8) is 0 Å². The minimum atomic E-state index is -4.56. The van der Waals surface area contributed by atoms with E-state index in [9.17, 15) is 18.0 Å². The Hall–Kier alpha value is -1.08. The van der Waals surface area contributed by atoms with Crippen molar-refractivity contribution >= 4 is 27.5 Å². The number of hydrogen-bond donors (Lipinski definition) is 2. The quantitative estimate of drug-likeness (QED) is 0.871. The SMILES string of the molecule is O=C(Nc1ccc(Br)cc1)C1(C(F)(F)F)CCNC1. The number of hydrogen-bond acceptors (Lipinski definition) is 2. The molecule has 1 heterocycles. The van der Waals surface area contributed by atoms with E-state index in [1.54, 1.807) is 24.3 Å². The van der Waals surface area contributed by atoms with Gasteiger partial charge in [-0.25, -0.2) is 0 Å². The highest BCUT2D eigenvalue weighted by Gasteiger charge is 2.61. The number of amides is 1. The Morgan fingerprint density at radius 3 is 2.42 bits per heavy atom. The van der Waals surface area contributed by atoms with Crippen molar-refractivity contribution in [1.82, 2.24) is 5.32 Å². The van der Waals surface area contributed by atoms with Crippen molar-refractivity contribution in [2.75, 3.05) is 18.4 Å². The highest BCUT2D eigenvalue weighted by molar-refractivity contribution is 9.10. The lowest BCUT2D eigenvalue weighted by molar-refractivity contribution is -0.213. The van der Waals surface area contributed by atoms with E-state index in [0.717, 1.165) is 4.47 Å². The first kappa shape index (κ1) is 14.3. The molecule has 7 heteroatoms.